The molecule has 7 nitrogen and oxygen atoms in total. The van der Waals surface area contributed by atoms with E-state index >= 15 is 0 Å². The van der Waals surface area contributed by atoms with Crippen LogP contribution in [0.25, 0.3) is 0 Å². The Labute approximate surface area is 228 Å². The van der Waals surface area contributed by atoms with Crippen molar-refractivity contribution in [3.05, 3.63) is 64.7 Å². The van der Waals surface area contributed by atoms with Gasteiger partial charge in [0.05, 0.1) is 11.9 Å². The van der Waals surface area contributed by atoms with E-state index in [1.54, 1.807) is 31.2 Å². The lowest BCUT2D eigenvalue weighted by molar-refractivity contribution is -0.141. The van der Waals surface area contributed by atoms with Crippen LogP contribution in [-0.4, -0.2) is 50.0 Å². The van der Waals surface area contributed by atoms with Crippen molar-refractivity contribution in [1.29, 1.82) is 0 Å². The molecule has 0 heterocycles. The summed E-state index contributed by atoms with van der Waals surface area (Å²) in [5.74, 6) is -2.82. The molecule has 1 fully saturated rings. The van der Waals surface area contributed by atoms with Gasteiger partial charge in [0, 0.05) is 36.6 Å². The van der Waals surface area contributed by atoms with Crippen LogP contribution in [0.5, 0.6) is 0 Å². The normalized spacial score (nSPS) is 15.1. The topological polar surface area (TPSA) is 86.8 Å². The van der Waals surface area contributed by atoms with Gasteiger partial charge in [-0.3, -0.25) is 13.9 Å². The van der Waals surface area contributed by atoms with E-state index in [9.17, 15) is 26.8 Å². The first-order valence-corrected chi connectivity index (χ1v) is 15.0. The third kappa shape index (κ3) is 8.39. The van der Waals surface area contributed by atoms with Gasteiger partial charge in [0.1, 0.15) is 6.04 Å². The fourth-order valence-corrected chi connectivity index (χ4v) is 5.67. The van der Waals surface area contributed by atoms with E-state index in [0.29, 0.717) is 5.02 Å². The van der Waals surface area contributed by atoms with Crippen LogP contribution in [0.15, 0.2) is 42.5 Å². The molecule has 208 valence electrons. The molecule has 1 N–H and O–H groups in total. The molecule has 2 aromatic rings. The molecule has 0 saturated heterocycles. The van der Waals surface area contributed by atoms with Crippen LogP contribution in [0.1, 0.15) is 57.4 Å². The molecule has 0 radical (unpaired) electrons. The van der Waals surface area contributed by atoms with Crippen molar-refractivity contribution >= 4 is 39.1 Å². The fraction of sp³-hybridized carbons (Fsp3) is 0.481. The maximum Gasteiger partial charge on any atom is 0.242 e. The summed E-state index contributed by atoms with van der Waals surface area (Å²) < 4.78 is 52.7. The molecule has 0 aromatic heterocycles. The second-order valence-corrected chi connectivity index (χ2v) is 12.0. The number of hydrogen-bond donors (Lipinski definition) is 1. The lowest BCUT2D eigenvalue weighted by atomic mass is 9.95. The molecule has 1 saturated carbocycles. The van der Waals surface area contributed by atoms with Crippen LogP contribution < -0.4 is 9.62 Å². The largest absolute Gasteiger partial charge is 0.352 e. The summed E-state index contributed by atoms with van der Waals surface area (Å²) >= 11 is 5.99. The van der Waals surface area contributed by atoms with E-state index in [1.807, 2.05) is 0 Å². The molecule has 2 aromatic carbocycles. The number of benzene rings is 2. The minimum atomic E-state index is -3.82. The van der Waals surface area contributed by atoms with Gasteiger partial charge in [-0.1, -0.05) is 43.0 Å². The van der Waals surface area contributed by atoms with Crippen molar-refractivity contribution in [2.45, 2.75) is 70.5 Å². The van der Waals surface area contributed by atoms with E-state index in [2.05, 4.69) is 5.32 Å². The maximum atomic E-state index is 13.7. The molecule has 1 aliphatic carbocycles. The molecule has 0 aliphatic heterocycles. The van der Waals surface area contributed by atoms with E-state index in [0.717, 1.165) is 60.4 Å². The van der Waals surface area contributed by atoms with Crippen molar-refractivity contribution in [2.24, 2.45) is 0 Å². The minimum absolute atomic E-state index is 0.0305. The van der Waals surface area contributed by atoms with Crippen molar-refractivity contribution in [3.63, 3.8) is 0 Å². The SMILES string of the molecule is C[C@H](C(=O)NC1CCCCC1)N(Cc1ccc(Cl)cc1)C(=O)CCCN(c1ccc(F)c(F)c1)S(C)(=O)=O. The van der Waals surface area contributed by atoms with E-state index < -0.39 is 27.7 Å². The quantitative estimate of drug-likeness (QED) is 0.411. The van der Waals surface area contributed by atoms with Gasteiger partial charge in [0.2, 0.25) is 21.8 Å². The Morgan fingerprint density at radius 3 is 2.32 bits per heavy atom. The van der Waals surface area contributed by atoms with E-state index in [4.69, 9.17) is 11.6 Å². The van der Waals surface area contributed by atoms with Gasteiger partial charge < -0.3 is 10.2 Å². The number of nitrogens with zero attached hydrogens (tertiary/aromatic N) is 2. The number of halogens is 3. The third-order valence-corrected chi connectivity index (χ3v) is 8.17. The number of sulfonamides is 1. The second kappa shape index (κ2) is 13.4. The second-order valence-electron chi connectivity index (χ2n) is 9.70. The lowest BCUT2D eigenvalue weighted by Crippen LogP contribution is -2.50. The van der Waals surface area contributed by atoms with Crippen LogP contribution in [0.2, 0.25) is 5.02 Å². The van der Waals surface area contributed by atoms with Gasteiger partial charge in [-0.05, 0) is 56.0 Å². The summed E-state index contributed by atoms with van der Waals surface area (Å²) in [6.45, 7) is 1.73. The van der Waals surface area contributed by atoms with Crippen molar-refractivity contribution in [2.75, 3.05) is 17.1 Å². The first-order valence-electron chi connectivity index (χ1n) is 12.7. The van der Waals surface area contributed by atoms with Crippen molar-refractivity contribution in [1.82, 2.24) is 10.2 Å². The number of carbonyl (C=O) groups is 2. The van der Waals surface area contributed by atoms with Crippen LogP contribution >= 0.6 is 11.6 Å². The fourth-order valence-electron chi connectivity index (χ4n) is 4.58. The molecular weight excluding hydrogens is 536 g/mol. The van der Waals surface area contributed by atoms with Crippen LogP contribution in [0.3, 0.4) is 0 Å². The predicted molar refractivity (Wildman–Crippen MR) is 144 cm³/mol. The highest BCUT2D eigenvalue weighted by Gasteiger charge is 2.28. The molecule has 2 amide bonds. The maximum absolute atomic E-state index is 13.7. The van der Waals surface area contributed by atoms with Crippen LogP contribution in [-0.2, 0) is 26.2 Å². The molecular formula is C27H34ClF2N3O4S. The average molecular weight is 570 g/mol. The Balaban J connectivity index is 1.72. The van der Waals surface area contributed by atoms with Gasteiger partial charge in [-0.2, -0.15) is 0 Å². The van der Waals surface area contributed by atoms with E-state index in [-0.39, 0.29) is 49.5 Å². The minimum Gasteiger partial charge on any atom is -0.352 e. The smallest absolute Gasteiger partial charge is 0.242 e. The molecule has 38 heavy (non-hydrogen) atoms. The Kier molecular flexibility index (Phi) is 10.5. The molecule has 0 bridgehead atoms. The zero-order chi connectivity index (χ0) is 27.9. The van der Waals surface area contributed by atoms with Crippen molar-refractivity contribution < 1.29 is 26.8 Å². The highest BCUT2D eigenvalue weighted by atomic mass is 35.5. The van der Waals surface area contributed by atoms with Gasteiger partial charge in [0.25, 0.3) is 0 Å². The van der Waals surface area contributed by atoms with Gasteiger partial charge in [-0.15, -0.1) is 0 Å². The molecule has 0 unspecified atom stereocenters. The lowest BCUT2D eigenvalue weighted by Gasteiger charge is -2.31. The Bertz CT molecular complexity index is 1220. The Hall–Kier alpha value is -2.72. The number of amides is 2. The number of rotatable bonds is 11. The third-order valence-electron chi connectivity index (χ3n) is 6.73. The van der Waals surface area contributed by atoms with Gasteiger partial charge in [0.15, 0.2) is 11.6 Å². The standard InChI is InChI=1S/C27H34ClF2N3O4S/c1-19(27(35)31-22-7-4-3-5-8-22)32(18-20-10-12-21(28)13-11-20)26(34)9-6-16-33(38(2,36)37)23-14-15-24(29)25(30)17-23/h10-15,17,19,22H,3-9,16,18H2,1-2H3,(H,31,35)/t19-/m1/s1. The first kappa shape index (κ1) is 29.8. The Morgan fingerprint density at radius 2 is 1.71 bits per heavy atom. The monoisotopic (exact) mass is 569 g/mol. The summed E-state index contributed by atoms with van der Waals surface area (Å²) in [7, 11) is -3.82. The summed E-state index contributed by atoms with van der Waals surface area (Å²) in [5.41, 5.74) is 0.761. The number of hydrogen-bond acceptors (Lipinski definition) is 4. The van der Waals surface area contributed by atoms with E-state index in [1.165, 1.54) is 11.0 Å². The van der Waals surface area contributed by atoms with Crippen molar-refractivity contribution in [3.8, 4) is 0 Å². The predicted octanol–water partition coefficient (Wildman–Crippen LogP) is 5.03. The van der Waals surface area contributed by atoms with Crippen LogP contribution in [0.4, 0.5) is 14.5 Å². The average Bonchev–Trinajstić information content (AvgIpc) is 2.87. The highest BCUT2D eigenvalue weighted by Crippen LogP contribution is 2.22. The summed E-state index contributed by atoms with van der Waals surface area (Å²) in [6.07, 6.45) is 6.11. The molecule has 1 atom stereocenters. The number of carbonyl (C=O) groups excluding carboxylic acids is 2. The summed E-state index contributed by atoms with van der Waals surface area (Å²) in [6, 6.07) is 9.15. The summed E-state index contributed by atoms with van der Waals surface area (Å²) in [4.78, 5) is 27.9. The zero-order valence-electron chi connectivity index (χ0n) is 21.6. The summed E-state index contributed by atoms with van der Waals surface area (Å²) in [5, 5.41) is 3.62. The van der Waals surface area contributed by atoms with Gasteiger partial charge in [-0.25, -0.2) is 17.2 Å². The molecule has 11 heteroatoms. The number of nitrogens with one attached hydrogen (secondary N) is 1. The zero-order valence-corrected chi connectivity index (χ0v) is 23.2. The Morgan fingerprint density at radius 1 is 1.05 bits per heavy atom. The van der Waals surface area contributed by atoms with Crippen LogP contribution in [0, 0.1) is 11.6 Å². The first-order chi connectivity index (χ1) is 18.0. The number of anilines is 1. The highest BCUT2D eigenvalue weighted by molar-refractivity contribution is 7.92. The van der Waals surface area contributed by atoms with Gasteiger partial charge >= 0.3 is 0 Å². The molecule has 0 spiro atoms. The molecule has 1 aliphatic rings. The molecule has 3 rings (SSSR count).